The molecule has 0 heterocycles. The topological polar surface area (TPSA) is 29.1 Å². The summed E-state index contributed by atoms with van der Waals surface area (Å²) in [5.41, 5.74) is 0.619. The summed E-state index contributed by atoms with van der Waals surface area (Å²) in [6.07, 6.45) is 1.97. The van der Waals surface area contributed by atoms with E-state index in [1.165, 1.54) is 18.2 Å². The maximum atomic E-state index is 13.5. The zero-order chi connectivity index (χ0) is 13.8. The molecule has 0 spiro atoms. The summed E-state index contributed by atoms with van der Waals surface area (Å²) in [4.78, 5) is 13.6. The number of halogens is 1. The molecule has 0 bridgehead atoms. The van der Waals surface area contributed by atoms with Crippen LogP contribution < -0.4 is 5.32 Å². The van der Waals surface area contributed by atoms with Gasteiger partial charge in [0.05, 0.1) is 5.56 Å². The standard InChI is InChI=1S/C14H12FNOS2/c1-19-11-5-2-9(3-6-11)16-14(17)12-8-10(18)4-7-13(12)15/h2-8,18H,1H3,(H,16,17). The number of thiol groups is 1. The SMILES string of the molecule is CSc1ccc(NC(=O)c2cc(S)ccc2F)cc1. The monoisotopic (exact) mass is 293 g/mol. The minimum absolute atomic E-state index is 0.0126. The van der Waals surface area contributed by atoms with E-state index in [-0.39, 0.29) is 5.56 Å². The van der Waals surface area contributed by atoms with Gasteiger partial charge < -0.3 is 5.32 Å². The third-order valence-corrected chi connectivity index (χ3v) is 3.56. The van der Waals surface area contributed by atoms with Crippen LogP contribution in [0.25, 0.3) is 0 Å². The van der Waals surface area contributed by atoms with Gasteiger partial charge >= 0.3 is 0 Å². The van der Waals surface area contributed by atoms with E-state index < -0.39 is 11.7 Å². The van der Waals surface area contributed by atoms with Gasteiger partial charge in [0, 0.05) is 15.5 Å². The van der Waals surface area contributed by atoms with Crippen molar-refractivity contribution in [2.24, 2.45) is 0 Å². The number of carbonyl (C=O) groups excluding carboxylic acids is 1. The lowest BCUT2D eigenvalue weighted by atomic mass is 10.2. The van der Waals surface area contributed by atoms with Gasteiger partial charge in [-0.2, -0.15) is 0 Å². The van der Waals surface area contributed by atoms with Crippen LogP contribution >= 0.6 is 24.4 Å². The third kappa shape index (κ3) is 3.52. The van der Waals surface area contributed by atoms with Crippen LogP contribution in [0.2, 0.25) is 0 Å². The van der Waals surface area contributed by atoms with E-state index in [1.807, 2.05) is 18.4 Å². The molecule has 2 nitrogen and oxygen atoms in total. The summed E-state index contributed by atoms with van der Waals surface area (Å²) in [5.74, 6) is -1.04. The predicted molar refractivity (Wildman–Crippen MR) is 79.8 cm³/mol. The molecule has 2 aromatic carbocycles. The van der Waals surface area contributed by atoms with Gasteiger partial charge in [-0.3, -0.25) is 4.79 Å². The predicted octanol–water partition coefficient (Wildman–Crippen LogP) is 4.09. The highest BCUT2D eigenvalue weighted by atomic mass is 32.2. The number of hydrogen-bond acceptors (Lipinski definition) is 3. The normalized spacial score (nSPS) is 10.3. The van der Waals surface area contributed by atoms with Gasteiger partial charge in [0.25, 0.3) is 5.91 Å². The molecule has 98 valence electrons. The number of carbonyl (C=O) groups is 1. The first-order valence-corrected chi connectivity index (χ1v) is 7.21. The Balaban J connectivity index is 2.18. The first-order chi connectivity index (χ1) is 9.10. The Bertz CT molecular complexity index is 599. The van der Waals surface area contributed by atoms with Crippen molar-refractivity contribution < 1.29 is 9.18 Å². The fraction of sp³-hybridized carbons (Fsp3) is 0.0714. The van der Waals surface area contributed by atoms with Crippen molar-refractivity contribution in [1.82, 2.24) is 0 Å². The highest BCUT2D eigenvalue weighted by Gasteiger charge is 2.12. The Hall–Kier alpha value is -1.46. The molecule has 0 aromatic heterocycles. The van der Waals surface area contributed by atoms with Crippen molar-refractivity contribution in [2.75, 3.05) is 11.6 Å². The molecule has 0 fully saturated rings. The second-order valence-electron chi connectivity index (χ2n) is 3.85. The number of anilines is 1. The van der Waals surface area contributed by atoms with Gasteiger partial charge in [-0.05, 0) is 48.7 Å². The molecule has 0 aliphatic carbocycles. The highest BCUT2D eigenvalue weighted by molar-refractivity contribution is 7.98. The van der Waals surface area contributed by atoms with Crippen LogP contribution in [0.4, 0.5) is 10.1 Å². The molecule has 1 N–H and O–H groups in total. The van der Waals surface area contributed by atoms with E-state index in [0.29, 0.717) is 10.6 Å². The first-order valence-electron chi connectivity index (χ1n) is 5.54. The smallest absolute Gasteiger partial charge is 0.258 e. The quantitative estimate of drug-likeness (QED) is 0.659. The molecule has 0 aliphatic rings. The van der Waals surface area contributed by atoms with Crippen LogP contribution in [-0.4, -0.2) is 12.2 Å². The number of thioether (sulfide) groups is 1. The van der Waals surface area contributed by atoms with Crippen LogP contribution in [0.1, 0.15) is 10.4 Å². The lowest BCUT2D eigenvalue weighted by Crippen LogP contribution is -2.13. The number of hydrogen-bond donors (Lipinski definition) is 2. The molecule has 1 amide bonds. The molecule has 0 saturated heterocycles. The Morgan fingerprint density at radius 3 is 2.53 bits per heavy atom. The first kappa shape index (κ1) is 14.0. The molecular weight excluding hydrogens is 281 g/mol. The average molecular weight is 293 g/mol. The van der Waals surface area contributed by atoms with Crippen LogP contribution in [0.15, 0.2) is 52.3 Å². The molecule has 0 saturated carbocycles. The maximum Gasteiger partial charge on any atom is 0.258 e. The number of amides is 1. The Morgan fingerprint density at radius 1 is 1.21 bits per heavy atom. The van der Waals surface area contributed by atoms with Crippen molar-refractivity contribution in [3.63, 3.8) is 0 Å². The van der Waals surface area contributed by atoms with Crippen molar-refractivity contribution in [1.29, 1.82) is 0 Å². The van der Waals surface area contributed by atoms with Gasteiger partial charge in [0.15, 0.2) is 0 Å². The van der Waals surface area contributed by atoms with E-state index in [0.717, 1.165) is 4.90 Å². The Kier molecular flexibility index (Phi) is 4.50. The van der Waals surface area contributed by atoms with E-state index in [9.17, 15) is 9.18 Å². The molecule has 0 radical (unpaired) electrons. The fourth-order valence-corrected chi connectivity index (χ4v) is 2.17. The molecule has 0 unspecified atom stereocenters. The summed E-state index contributed by atoms with van der Waals surface area (Å²) < 4.78 is 13.5. The van der Waals surface area contributed by atoms with Gasteiger partial charge in [0.2, 0.25) is 0 Å². The largest absolute Gasteiger partial charge is 0.322 e. The zero-order valence-corrected chi connectivity index (χ0v) is 11.9. The number of benzene rings is 2. The van der Waals surface area contributed by atoms with Crippen LogP contribution in [0, 0.1) is 5.82 Å². The van der Waals surface area contributed by atoms with E-state index in [1.54, 1.807) is 23.9 Å². The lowest BCUT2D eigenvalue weighted by molar-refractivity contribution is 0.102. The van der Waals surface area contributed by atoms with Crippen molar-refractivity contribution in [3.8, 4) is 0 Å². The minimum Gasteiger partial charge on any atom is -0.322 e. The second kappa shape index (κ2) is 6.12. The average Bonchev–Trinajstić information content (AvgIpc) is 2.42. The third-order valence-electron chi connectivity index (χ3n) is 2.54. The van der Waals surface area contributed by atoms with E-state index in [4.69, 9.17) is 0 Å². The van der Waals surface area contributed by atoms with Gasteiger partial charge in [-0.1, -0.05) is 0 Å². The molecule has 0 atom stereocenters. The number of rotatable bonds is 3. The summed E-state index contributed by atoms with van der Waals surface area (Å²) in [6, 6.07) is 11.5. The Labute approximate surface area is 120 Å². The summed E-state index contributed by atoms with van der Waals surface area (Å²) in [7, 11) is 0. The Morgan fingerprint density at radius 2 is 1.89 bits per heavy atom. The fourth-order valence-electron chi connectivity index (χ4n) is 1.56. The highest BCUT2D eigenvalue weighted by Crippen LogP contribution is 2.19. The summed E-state index contributed by atoms with van der Waals surface area (Å²) in [5, 5.41) is 2.66. The molecule has 19 heavy (non-hydrogen) atoms. The van der Waals surface area contributed by atoms with E-state index >= 15 is 0 Å². The minimum atomic E-state index is -0.559. The molecule has 2 rings (SSSR count). The van der Waals surface area contributed by atoms with E-state index in [2.05, 4.69) is 17.9 Å². The van der Waals surface area contributed by atoms with Gasteiger partial charge in [-0.25, -0.2) is 4.39 Å². The van der Waals surface area contributed by atoms with Crippen LogP contribution in [0.5, 0.6) is 0 Å². The van der Waals surface area contributed by atoms with Crippen molar-refractivity contribution in [2.45, 2.75) is 9.79 Å². The second-order valence-corrected chi connectivity index (χ2v) is 5.24. The van der Waals surface area contributed by atoms with Gasteiger partial charge in [0.1, 0.15) is 5.82 Å². The maximum absolute atomic E-state index is 13.5. The molecule has 5 heteroatoms. The van der Waals surface area contributed by atoms with Crippen LogP contribution in [-0.2, 0) is 0 Å². The molecule has 0 aliphatic heterocycles. The van der Waals surface area contributed by atoms with Crippen LogP contribution in [0.3, 0.4) is 0 Å². The molecule has 2 aromatic rings. The van der Waals surface area contributed by atoms with Crippen molar-refractivity contribution >= 4 is 36.0 Å². The summed E-state index contributed by atoms with van der Waals surface area (Å²) in [6.45, 7) is 0. The zero-order valence-electron chi connectivity index (χ0n) is 10.2. The molecular formula is C14H12FNOS2. The summed E-state index contributed by atoms with van der Waals surface area (Å²) >= 11 is 5.71. The lowest BCUT2D eigenvalue weighted by Gasteiger charge is -2.07. The number of nitrogens with one attached hydrogen (secondary N) is 1. The van der Waals surface area contributed by atoms with Crippen molar-refractivity contribution in [3.05, 3.63) is 53.8 Å². The van der Waals surface area contributed by atoms with Gasteiger partial charge in [-0.15, -0.1) is 24.4 Å².